The van der Waals surface area contributed by atoms with E-state index >= 15 is 0 Å². The summed E-state index contributed by atoms with van der Waals surface area (Å²) < 4.78 is 55.9. The van der Waals surface area contributed by atoms with Crippen LogP contribution in [0.25, 0.3) is 0 Å². The van der Waals surface area contributed by atoms with Crippen LogP contribution in [0.5, 0.6) is 5.75 Å². The SMILES string of the molecule is C[C@@H](CC(=O)c1ccc2c(n1)N(C(=O)Nc1ccc(OC[C@@H]3COC(C)(C)O3)cn1)[C@H]1CCN2C1)C(F)(F)F. The maximum atomic E-state index is 13.4. The number of rotatable bonds is 7. The third kappa shape index (κ3) is 5.93. The van der Waals surface area contributed by atoms with Crippen LogP contribution >= 0.6 is 0 Å². The maximum absolute atomic E-state index is 13.4. The zero-order valence-electron chi connectivity index (χ0n) is 21.8. The number of aromatic nitrogens is 2. The van der Waals surface area contributed by atoms with Gasteiger partial charge in [0.2, 0.25) is 0 Å². The first kappa shape index (κ1) is 27.1. The number of alkyl halides is 3. The number of urea groups is 1. The highest BCUT2D eigenvalue weighted by Crippen LogP contribution is 2.39. The average Bonchev–Trinajstić information content (AvgIpc) is 3.45. The highest BCUT2D eigenvalue weighted by atomic mass is 19.4. The van der Waals surface area contributed by atoms with E-state index in [0.29, 0.717) is 37.6 Å². The van der Waals surface area contributed by atoms with Gasteiger partial charge in [-0.25, -0.2) is 14.8 Å². The van der Waals surface area contributed by atoms with Crippen molar-refractivity contribution in [2.75, 3.05) is 41.4 Å². The number of anilines is 3. The molecule has 1 N–H and O–H groups in total. The zero-order chi connectivity index (χ0) is 27.9. The van der Waals surface area contributed by atoms with Crippen molar-refractivity contribution in [2.45, 2.75) is 57.7 Å². The maximum Gasteiger partial charge on any atom is 0.391 e. The molecule has 0 aliphatic carbocycles. The number of nitrogens with zero attached hydrogens (tertiary/aromatic N) is 4. The quantitative estimate of drug-likeness (QED) is 0.507. The Kier molecular flexibility index (Phi) is 7.14. The molecular weight excluding hydrogens is 519 g/mol. The molecule has 2 aromatic heterocycles. The van der Waals surface area contributed by atoms with Gasteiger partial charge in [0.05, 0.1) is 30.5 Å². The summed E-state index contributed by atoms with van der Waals surface area (Å²) in [5.74, 6) is -2.16. The van der Waals surface area contributed by atoms with Crippen LogP contribution in [-0.4, -0.2) is 72.2 Å². The van der Waals surface area contributed by atoms with Crippen LogP contribution in [-0.2, 0) is 9.47 Å². The first-order valence-electron chi connectivity index (χ1n) is 12.8. The van der Waals surface area contributed by atoms with E-state index in [1.807, 2.05) is 18.7 Å². The van der Waals surface area contributed by atoms with E-state index < -0.39 is 36.1 Å². The minimum absolute atomic E-state index is 0.107. The number of carbonyl (C=O) groups is 2. The lowest BCUT2D eigenvalue weighted by Gasteiger charge is -2.35. The summed E-state index contributed by atoms with van der Waals surface area (Å²) >= 11 is 0. The Morgan fingerprint density at radius 2 is 2.05 bits per heavy atom. The Morgan fingerprint density at radius 3 is 2.72 bits per heavy atom. The van der Waals surface area contributed by atoms with E-state index in [1.54, 1.807) is 18.2 Å². The molecule has 2 bridgehead atoms. The van der Waals surface area contributed by atoms with Gasteiger partial charge in [0, 0.05) is 19.5 Å². The van der Waals surface area contributed by atoms with Crippen LogP contribution in [0.2, 0.25) is 0 Å². The van der Waals surface area contributed by atoms with Gasteiger partial charge in [0.1, 0.15) is 30.0 Å². The van der Waals surface area contributed by atoms with Crippen LogP contribution in [0.1, 0.15) is 44.1 Å². The minimum atomic E-state index is -4.48. The number of halogens is 3. The van der Waals surface area contributed by atoms with Crippen molar-refractivity contribution in [3.8, 4) is 5.75 Å². The highest BCUT2D eigenvalue weighted by Gasteiger charge is 2.41. The van der Waals surface area contributed by atoms with Crippen LogP contribution < -0.4 is 19.9 Å². The molecule has 0 radical (unpaired) electrons. The van der Waals surface area contributed by atoms with Gasteiger partial charge in [-0.2, -0.15) is 13.2 Å². The molecule has 0 aromatic carbocycles. The van der Waals surface area contributed by atoms with Crippen LogP contribution in [0.15, 0.2) is 30.5 Å². The fourth-order valence-electron chi connectivity index (χ4n) is 4.87. The normalized spacial score (nSPS) is 22.4. The number of Topliss-reactive ketones (excluding diaryl/α,β-unsaturated/α-hetero) is 1. The minimum Gasteiger partial charge on any atom is -0.489 e. The van der Waals surface area contributed by atoms with Crippen molar-refractivity contribution in [3.05, 3.63) is 36.2 Å². The van der Waals surface area contributed by atoms with E-state index in [9.17, 15) is 22.8 Å². The summed E-state index contributed by atoms with van der Waals surface area (Å²) in [6.07, 6.45) is -3.24. The molecule has 3 aliphatic rings. The van der Waals surface area contributed by atoms with E-state index in [-0.39, 0.29) is 36.1 Å². The van der Waals surface area contributed by atoms with Crippen LogP contribution in [0.4, 0.5) is 35.3 Å². The molecule has 39 heavy (non-hydrogen) atoms. The number of pyridine rings is 2. The van der Waals surface area contributed by atoms with Crippen LogP contribution in [0.3, 0.4) is 0 Å². The predicted molar refractivity (Wildman–Crippen MR) is 135 cm³/mol. The molecule has 2 amide bonds. The molecule has 2 aromatic rings. The van der Waals surface area contributed by atoms with E-state index in [2.05, 4.69) is 15.3 Å². The predicted octanol–water partition coefficient (Wildman–Crippen LogP) is 4.41. The van der Waals surface area contributed by atoms with Crippen LogP contribution in [0, 0.1) is 5.92 Å². The molecule has 0 saturated carbocycles. The first-order chi connectivity index (χ1) is 18.4. The van der Waals surface area contributed by atoms with E-state index in [1.165, 1.54) is 17.2 Å². The topological polar surface area (TPSA) is 106 Å². The molecule has 5 heterocycles. The molecule has 0 spiro atoms. The van der Waals surface area contributed by atoms with Gasteiger partial charge in [-0.1, -0.05) is 6.92 Å². The number of fused-ring (bicyclic) bond motifs is 4. The summed E-state index contributed by atoms with van der Waals surface area (Å²) in [7, 11) is 0. The Balaban J connectivity index is 1.27. The molecule has 2 saturated heterocycles. The van der Waals surface area contributed by atoms with Crippen molar-refractivity contribution >= 4 is 29.1 Å². The Labute approximate surface area is 223 Å². The highest BCUT2D eigenvalue weighted by molar-refractivity contribution is 6.05. The second-order valence-corrected chi connectivity index (χ2v) is 10.4. The van der Waals surface area contributed by atoms with Crippen molar-refractivity contribution in [2.24, 2.45) is 5.92 Å². The lowest BCUT2D eigenvalue weighted by molar-refractivity contribution is -0.168. The second-order valence-electron chi connectivity index (χ2n) is 10.4. The molecule has 5 rings (SSSR count). The Hall–Kier alpha value is -3.45. The van der Waals surface area contributed by atoms with Gasteiger partial charge >= 0.3 is 12.2 Å². The summed E-state index contributed by atoms with van der Waals surface area (Å²) in [6, 6.07) is 5.62. The summed E-state index contributed by atoms with van der Waals surface area (Å²) in [6.45, 7) is 6.62. The largest absolute Gasteiger partial charge is 0.489 e. The second kappa shape index (κ2) is 10.3. The Morgan fingerprint density at radius 1 is 1.26 bits per heavy atom. The third-order valence-corrected chi connectivity index (χ3v) is 6.98. The summed E-state index contributed by atoms with van der Waals surface area (Å²) in [5, 5.41) is 2.75. The van der Waals surface area contributed by atoms with Gasteiger partial charge in [0.15, 0.2) is 17.4 Å². The molecule has 13 heteroatoms. The van der Waals surface area contributed by atoms with Crippen molar-refractivity contribution in [1.29, 1.82) is 0 Å². The van der Waals surface area contributed by atoms with Crippen molar-refractivity contribution < 1.29 is 37.0 Å². The first-order valence-corrected chi connectivity index (χ1v) is 12.8. The molecule has 3 aliphatic heterocycles. The number of ether oxygens (including phenoxy) is 3. The smallest absolute Gasteiger partial charge is 0.391 e. The van der Waals surface area contributed by atoms with E-state index in [0.717, 1.165) is 6.92 Å². The number of nitrogens with one attached hydrogen (secondary N) is 1. The van der Waals surface area contributed by atoms with Gasteiger partial charge in [-0.05, 0) is 44.5 Å². The average molecular weight is 550 g/mol. The Bertz CT molecular complexity index is 1240. The molecule has 0 unspecified atom stereocenters. The molecule has 210 valence electrons. The van der Waals surface area contributed by atoms with Crippen molar-refractivity contribution in [3.63, 3.8) is 0 Å². The standard InChI is InChI=1S/C26H30F3N5O5/c1-15(26(27,28)29)10-21(35)19-5-6-20-23(31-19)34(16-8-9-33(20)12-16)24(36)32-22-7-4-17(11-30-22)37-13-18-14-38-25(2,3)39-18/h4-7,11,15-16,18H,8-10,12-14H2,1-3H3,(H,30,32,36)/t15-,16-,18+/m0/s1. The number of carbonyl (C=O) groups excluding carboxylic acids is 2. The lowest BCUT2D eigenvalue weighted by Crippen LogP contribution is -2.48. The fraction of sp³-hybridized carbons (Fsp3) is 0.538. The summed E-state index contributed by atoms with van der Waals surface area (Å²) in [5.41, 5.74) is 0.544. The molecular formula is C26H30F3N5O5. The number of amides is 2. The van der Waals surface area contributed by atoms with Crippen molar-refractivity contribution in [1.82, 2.24) is 9.97 Å². The van der Waals surface area contributed by atoms with Gasteiger partial charge in [-0.15, -0.1) is 0 Å². The number of hydrogen-bond donors (Lipinski definition) is 1. The fourth-order valence-corrected chi connectivity index (χ4v) is 4.87. The monoisotopic (exact) mass is 549 g/mol. The molecule has 2 fully saturated rings. The van der Waals surface area contributed by atoms with Gasteiger partial charge in [-0.3, -0.25) is 15.0 Å². The molecule has 10 nitrogen and oxygen atoms in total. The van der Waals surface area contributed by atoms with E-state index in [4.69, 9.17) is 14.2 Å². The molecule has 3 atom stereocenters. The van der Waals surface area contributed by atoms with Gasteiger partial charge in [0.25, 0.3) is 0 Å². The third-order valence-electron chi connectivity index (χ3n) is 6.98. The zero-order valence-corrected chi connectivity index (χ0v) is 21.8. The van der Waals surface area contributed by atoms with Gasteiger partial charge < -0.3 is 19.1 Å². The number of ketones is 1. The lowest BCUT2D eigenvalue weighted by atomic mass is 10.0. The number of hydrogen-bond acceptors (Lipinski definition) is 8. The summed E-state index contributed by atoms with van der Waals surface area (Å²) in [4.78, 5) is 38.1.